The Morgan fingerprint density at radius 1 is 1.24 bits per heavy atom. The lowest BCUT2D eigenvalue weighted by Gasteiger charge is -2.43. The Kier molecular flexibility index (Phi) is 8.95. The van der Waals surface area contributed by atoms with Gasteiger partial charge in [-0.2, -0.15) is 0 Å². The second-order valence-electron chi connectivity index (χ2n) is 8.37. The number of hydrogen-bond donors (Lipinski definition) is 2. The van der Waals surface area contributed by atoms with E-state index in [-0.39, 0.29) is 42.2 Å². The molecule has 25 heavy (non-hydrogen) atoms. The van der Waals surface area contributed by atoms with Gasteiger partial charge in [-0.05, 0) is 51.4 Å². The Morgan fingerprint density at radius 2 is 1.88 bits per heavy atom. The summed E-state index contributed by atoms with van der Waals surface area (Å²) in [5, 5.41) is 3.17. The number of amides is 1. The Balaban J connectivity index is 0.00000156. The number of halogens is 2. The van der Waals surface area contributed by atoms with Crippen LogP contribution in [0.3, 0.4) is 0 Å². The Bertz CT molecular complexity index is 423. The van der Waals surface area contributed by atoms with Crippen LogP contribution in [0.1, 0.15) is 46.0 Å². The first-order valence-corrected chi connectivity index (χ1v) is 9.34. The van der Waals surface area contributed by atoms with E-state index in [1.165, 1.54) is 19.3 Å². The molecule has 3 N–H and O–H groups in total. The van der Waals surface area contributed by atoms with Gasteiger partial charge in [0.2, 0.25) is 5.91 Å². The maximum atomic E-state index is 12.5. The summed E-state index contributed by atoms with van der Waals surface area (Å²) >= 11 is 0. The molecular weight excluding hydrogens is 361 g/mol. The summed E-state index contributed by atoms with van der Waals surface area (Å²) in [6, 6.07) is 0.336. The molecule has 3 rings (SSSR count). The normalized spacial score (nSPS) is 34.4. The van der Waals surface area contributed by atoms with Crippen LogP contribution in [0.2, 0.25) is 0 Å². The summed E-state index contributed by atoms with van der Waals surface area (Å²) in [4.78, 5) is 14.9. The zero-order valence-electron chi connectivity index (χ0n) is 15.5. The molecule has 0 aromatic carbocycles. The van der Waals surface area contributed by atoms with Gasteiger partial charge in [-0.25, -0.2) is 0 Å². The van der Waals surface area contributed by atoms with Crippen molar-refractivity contribution in [2.45, 2.75) is 57.6 Å². The molecule has 0 aromatic heterocycles. The minimum Gasteiger partial charge on any atom is -0.373 e. The number of hydrogen-bond acceptors (Lipinski definition) is 4. The van der Waals surface area contributed by atoms with Crippen molar-refractivity contribution in [3.63, 3.8) is 0 Å². The molecule has 2 unspecified atom stereocenters. The van der Waals surface area contributed by atoms with Crippen LogP contribution in [0.25, 0.3) is 0 Å². The highest BCUT2D eigenvalue weighted by atomic mass is 35.5. The van der Waals surface area contributed by atoms with Crippen molar-refractivity contribution in [3.05, 3.63) is 0 Å². The van der Waals surface area contributed by atoms with E-state index in [4.69, 9.17) is 10.5 Å². The van der Waals surface area contributed by atoms with Crippen molar-refractivity contribution in [3.8, 4) is 0 Å². The molecule has 1 saturated heterocycles. The predicted molar refractivity (Wildman–Crippen MR) is 106 cm³/mol. The van der Waals surface area contributed by atoms with E-state index >= 15 is 0 Å². The molecule has 0 spiro atoms. The number of ether oxygens (including phenoxy) is 1. The summed E-state index contributed by atoms with van der Waals surface area (Å²) in [6.07, 6.45) is 5.71. The van der Waals surface area contributed by atoms with Crippen LogP contribution in [0, 0.1) is 17.8 Å². The standard InChI is InChI=1S/C18H33N3O2.2ClH/c1-18(2)12-21(8-9-23-18)7-6-20-17(22)15-10-13-4-3-5-14(11-15)16(13)19;;/h13-16H,3-12,19H2,1-2H3,(H,20,22);2*1H. The van der Waals surface area contributed by atoms with E-state index in [9.17, 15) is 4.79 Å². The SMILES string of the molecule is CC1(C)CN(CCNC(=O)C2CC3CCCC(C2)C3N)CCO1.Cl.Cl. The third kappa shape index (κ3) is 5.96. The van der Waals surface area contributed by atoms with Gasteiger partial charge in [-0.3, -0.25) is 9.69 Å². The van der Waals surface area contributed by atoms with E-state index in [2.05, 4.69) is 24.1 Å². The highest BCUT2D eigenvalue weighted by Crippen LogP contribution is 2.41. The van der Waals surface area contributed by atoms with Crippen molar-refractivity contribution in [1.29, 1.82) is 0 Å². The second-order valence-corrected chi connectivity index (χ2v) is 8.37. The highest BCUT2D eigenvalue weighted by Gasteiger charge is 2.40. The molecule has 2 bridgehead atoms. The van der Waals surface area contributed by atoms with E-state index in [0.29, 0.717) is 17.9 Å². The number of nitrogens with zero attached hydrogens (tertiary/aromatic N) is 1. The molecule has 3 aliphatic rings. The molecule has 2 saturated carbocycles. The van der Waals surface area contributed by atoms with Gasteiger partial charge in [0.1, 0.15) is 0 Å². The lowest BCUT2D eigenvalue weighted by molar-refractivity contribution is -0.128. The van der Waals surface area contributed by atoms with E-state index in [1.807, 2.05) is 0 Å². The topological polar surface area (TPSA) is 67.6 Å². The third-order valence-corrected chi connectivity index (χ3v) is 6.02. The molecule has 148 valence electrons. The monoisotopic (exact) mass is 395 g/mol. The number of fused-ring (bicyclic) bond motifs is 2. The van der Waals surface area contributed by atoms with E-state index in [1.54, 1.807) is 0 Å². The van der Waals surface area contributed by atoms with Gasteiger partial charge in [0, 0.05) is 38.1 Å². The first kappa shape index (κ1) is 23.0. The van der Waals surface area contributed by atoms with Gasteiger partial charge in [0.25, 0.3) is 0 Å². The smallest absolute Gasteiger partial charge is 0.223 e. The number of nitrogens with one attached hydrogen (secondary N) is 1. The fourth-order valence-electron chi connectivity index (χ4n) is 4.79. The molecule has 5 nitrogen and oxygen atoms in total. The molecule has 2 aliphatic carbocycles. The van der Waals surface area contributed by atoms with Gasteiger partial charge < -0.3 is 15.8 Å². The van der Waals surface area contributed by atoms with Crippen molar-refractivity contribution in [2.75, 3.05) is 32.8 Å². The van der Waals surface area contributed by atoms with Gasteiger partial charge in [0.15, 0.2) is 0 Å². The Labute approximate surface area is 164 Å². The van der Waals surface area contributed by atoms with Crippen LogP contribution in [0.4, 0.5) is 0 Å². The quantitative estimate of drug-likeness (QED) is 0.765. The first-order chi connectivity index (χ1) is 10.9. The zero-order chi connectivity index (χ0) is 16.4. The van der Waals surface area contributed by atoms with Gasteiger partial charge in [-0.1, -0.05) is 6.42 Å². The van der Waals surface area contributed by atoms with Gasteiger partial charge in [-0.15, -0.1) is 24.8 Å². The molecule has 1 amide bonds. The molecule has 0 radical (unpaired) electrons. The lowest BCUT2D eigenvalue weighted by atomic mass is 9.65. The van der Waals surface area contributed by atoms with E-state index < -0.39 is 0 Å². The average molecular weight is 396 g/mol. The number of carbonyl (C=O) groups is 1. The van der Waals surface area contributed by atoms with Crippen molar-refractivity contribution in [2.24, 2.45) is 23.5 Å². The van der Waals surface area contributed by atoms with Crippen molar-refractivity contribution >= 4 is 30.7 Å². The summed E-state index contributed by atoms with van der Waals surface area (Å²) in [5.74, 6) is 1.57. The predicted octanol–water partition coefficient (Wildman–Crippen LogP) is 2.21. The van der Waals surface area contributed by atoms with E-state index in [0.717, 1.165) is 45.6 Å². The molecule has 1 aliphatic heterocycles. The number of nitrogens with two attached hydrogens (primary N) is 1. The maximum absolute atomic E-state index is 12.5. The number of rotatable bonds is 4. The van der Waals surface area contributed by atoms with Crippen LogP contribution in [-0.2, 0) is 9.53 Å². The molecule has 3 fully saturated rings. The lowest BCUT2D eigenvalue weighted by Crippen LogP contribution is -2.51. The van der Waals surface area contributed by atoms with Crippen molar-refractivity contribution < 1.29 is 9.53 Å². The third-order valence-electron chi connectivity index (χ3n) is 6.02. The molecule has 0 aromatic rings. The van der Waals surface area contributed by atoms with Crippen LogP contribution >= 0.6 is 24.8 Å². The minimum atomic E-state index is -0.0702. The van der Waals surface area contributed by atoms with Crippen LogP contribution in [0.5, 0.6) is 0 Å². The highest BCUT2D eigenvalue weighted by molar-refractivity contribution is 5.85. The molecular formula is C18H35Cl2N3O2. The Morgan fingerprint density at radius 3 is 2.48 bits per heavy atom. The molecule has 1 heterocycles. The van der Waals surface area contributed by atoms with Crippen LogP contribution in [-0.4, -0.2) is 55.2 Å². The van der Waals surface area contributed by atoms with Gasteiger partial charge in [0.05, 0.1) is 12.2 Å². The summed E-state index contributed by atoms with van der Waals surface area (Å²) in [6.45, 7) is 8.59. The van der Waals surface area contributed by atoms with Crippen molar-refractivity contribution in [1.82, 2.24) is 10.2 Å². The second kappa shape index (κ2) is 9.75. The Hall–Kier alpha value is -0.0700. The molecule has 2 atom stereocenters. The zero-order valence-corrected chi connectivity index (χ0v) is 17.2. The first-order valence-electron chi connectivity index (χ1n) is 9.34. The summed E-state index contributed by atoms with van der Waals surface area (Å²) in [5.41, 5.74) is 6.25. The van der Waals surface area contributed by atoms with Crippen LogP contribution < -0.4 is 11.1 Å². The largest absolute Gasteiger partial charge is 0.373 e. The van der Waals surface area contributed by atoms with Crippen LogP contribution in [0.15, 0.2) is 0 Å². The average Bonchev–Trinajstić information content (AvgIpc) is 2.45. The maximum Gasteiger partial charge on any atom is 0.223 e. The fourth-order valence-corrected chi connectivity index (χ4v) is 4.79. The minimum absolute atomic E-state index is 0. The number of carbonyl (C=O) groups excluding carboxylic acids is 1. The summed E-state index contributed by atoms with van der Waals surface area (Å²) in [7, 11) is 0. The fraction of sp³-hybridized carbons (Fsp3) is 0.944. The number of morpholine rings is 1. The van der Waals surface area contributed by atoms with Gasteiger partial charge >= 0.3 is 0 Å². The molecule has 7 heteroatoms. The summed E-state index contributed by atoms with van der Waals surface area (Å²) < 4.78 is 5.73.